The van der Waals surface area contributed by atoms with Crippen molar-refractivity contribution in [1.29, 1.82) is 0 Å². The topological polar surface area (TPSA) is 26.3 Å². The number of ether oxygens (including phenoxy) is 1. The van der Waals surface area contributed by atoms with Crippen molar-refractivity contribution < 1.29 is 9.53 Å². The highest BCUT2D eigenvalue weighted by Gasteiger charge is 2.51. The minimum Gasteiger partial charge on any atom is -0.461 e. The number of benzene rings is 2. The Morgan fingerprint density at radius 3 is 1.90 bits per heavy atom. The van der Waals surface area contributed by atoms with Crippen molar-refractivity contribution in [2.24, 2.45) is 0 Å². The maximum Gasteiger partial charge on any atom is 0.321 e. The Hall–Kier alpha value is -1.61. The van der Waals surface area contributed by atoms with Crippen molar-refractivity contribution in [1.82, 2.24) is 0 Å². The normalized spacial score (nSPS) is 20.6. The van der Waals surface area contributed by atoms with Gasteiger partial charge < -0.3 is 4.74 Å². The van der Waals surface area contributed by atoms with E-state index >= 15 is 0 Å². The number of halogens is 1. The Kier molecular flexibility index (Phi) is 3.62. The SMILES string of the molecule is O=C1O[C@H](CBr)CC1(c1ccccc1)c1ccccc1. The van der Waals surface area contributed by atoms with Crippen LogP contribution in [0.4, 0.5) is 0 Å². The summed E-state index contributed by atoms with van der Waals surface area (Å²) in [6, 6.07) is 19.8. The van der Waals surface area contributed by atoms with Gasteiger partial charge in [-0.2, -0.15) is 0 Å². The number of carbonyl (C=O) groups is 1. The van der Waals surface area contributed by atoms with E-state index in [1.165, 1.54) is 0 Å². The Bertz CT molecular complexity index is 555. The molecule has 1 saturated heterocycles. The second-order valence-corrected chi connectivity index (χ2v) is 5.67. The molecule has 2 aromatic rings. The molecule has 0 aliphatic carbocycles. The van der Waals surface area contributed by atoms with Crippen LogP contribution < -0.4 is 0 Å². The van der Waals surface area contributed by atoms with Crippen LogP contribution in [0.25, 0.3) is 0 Å². The summed E-state index contributed by atoms with van der Waals surface area (Å²) < 4.78 is 5.55. The standard InChI is InChI=1S/C17H15BrO2/c18-12-15-11-17(16(19)20-15,13-7-3-1-4-8-13)14-9-5-2-6-10-14/h1-10,15H,11-12H2/t15-/m0/s1. The highest BCUT2D eigenvalue weighted by atomic mass is 79.9. The average molecular weight is 331 g/mol. The first-order valence-electron chi connectivity index (χ1n) is 6.65. The van der Waals surface area contributed by atoms with Crippen molar-refractivity contribution in [2.75, 3.05) is 5.33 Å². The first-order chi connectivity index (χ1) is 9.77. The van der Waals surface area contributed by atoms with Crippen molar-refractivity contribution in [3.8, 4) is 0 Å². The summed E-state index contributed by atoms with van der Waals surface area (Å²) in [5.74, 6) is -0.153. The Morgan fingerprint density at radius 2 is 1.50 bits per heavy atom. The van der Waals surface area contributed by atoms with E-state index in [1.54, 1.807) is 0 Å². The predicted octanol–water partition coefficient (Wildman–Crippen LogP) is 3.68. The van der Waals surface area contributed by atoms with Crippen LogP contribution in [0, 0.1) is 0 Å². The predicted molar refractivity (Wildman–Crippen MR) is 82.0 cm³/mol. The molecule has 0 aromatic heterocycles. The van der Waals surface area contributed by atoms with E-state index in [1.807, 2.05) is 60.7 Å². The number of alkyl halides is 1. The van der Waals surface area contributed by atoms with E-state index in [0.717, 1.165) is 11.1 Å². The van der Waals surface area contributed by atoms with Crippen molar-refractivity contribution in [2.45, 2.75) is 17.9 Å². The number of hydrogen-bond donors (Lipinski definition) is 0. The molecule has 1 aliphatic rings. The summed E-state index contributed by atoms with van der Waals surface area (Å²) >= 11 is 3.42. The van der Waals surface area contributed by atoms with Gasteiger partial charge in [0.25, 0.3) is 0 Å². The largest absolute Gasteiger partial charge is 0.461 e. The monoisotopic (exact) mass is 330 g/mol. The fourth-order valence-corrected chi connectivity index (χ4v) is 3.25. The zero-order valence-corrected chi connectivity index (χ0v) is 12.5. The molecule has 0 saturated carbocycles. The average Bonchev–Trinajstić information content (AvgIpc) is 2.87. The molecule has 0 N–H and O–H groups in total. The number of esters is 1. The lowest BCUT2D eigenvalue weighted by molar-refractivity contribution is -0.143. The molecule has 2 aromatic carbocycles. The molecule has 0 amide bonds. The fraction of sp³-hybridized carbons (Fsp3) is 0.235. The van der Waals surface area contributed by atoms with Gasteiger partial charge >= 0.3 is 5.97 Å². The molecule has 1 aliphatic heterocycles. The number of cyclic esters (lactones) is 1. The van der Waals surface area contributed by atoms with E-state index in [0.29, 0.717) is 11.8 Å². The number of carbonyl (C=O) groups excluding carboxylic acids is 1. The van der Waals surface area contributed by atoms with Gasteiger partial charge in [-0.05, 0) is 11.1 Å². The highest BCUT2D eigenvalue weighted by Crippen LogP contribution is 2.43. The summed E-state index contributed by atoms with van der Waals surface area (Å²) in [4.78, 5) is 12.6. The van der Waals surface area contributed by atoms with Gasteiger partial charge in [-0.3, -0.25) is 4.79 Å². The van der Waals surface area contributed by atoms with Gasteiger partial charge in [-0.25, -0.2) is 0 Å². The van der Waals surface area contributed by atoms with Gasteiger partial charge in [-0.1, -0.05) is 76.6 Å². The lowest BCUT2D eigenvalue weighted by Crippen LogP contribution is -2.33. The van der Waals surface area contributed by atoms with Crippen molar-refractivity contribution >= 4 is 21.9 Å². The van der Waals surface area contributed by atoms with Crippen molar-refractivity contribution in [3.63, 3.8) is 0 Å². The van der Waals surface area contributed by atoms with Gasteiger partial charge in [0.15, 0.2) is 0 Å². The molecule has 3 rings (SSSR count). The van der Waals surface area contributed by atoms with Crippen LogP contribution in [0.15, 0.2) is 60.7 Å². The van der Waals surface area contributed by atoms with Gasteiger partial charge in [0.1, 0.15) is 11.5 Å². The third-order valence-corrected chi connectivity index (χ3v) is 4.58. The minimum atomic E-state index is -0.680. The van der Waals surface area contributed by atoms with E-state index < -0.39 is 5.41 Å². The summed E-state index contributed by atoms with van der Waals surface area (Å²) in [7, 11) is 0. The molecule has 0 bridgehead atoms. The number of hydrogen-bond acceptors (Lipinski definition) is 2. The Balaban J connectivity index is 2.17. The highest BCUT2D eigenvalue weighted by molar-refractivity contribution is 9.09. The second kappa shape index (κ2) is 5.41. The molecular weight excluding hydrogens is 316 g/mol. The van der Waals surface area contributed by atoms with E-state index in [2.05, 4.69) is 15.9 Å². The molecule has 0 spiro atoms. The molecule has 3 heteroatoms. The molecule has 0 radical (unpaired) electrons. The van der Waals surface area contributed by atoms with Gasteiger partial charge in [0.05, 0.1) is 0 Å². The summed E-state index contributed by atoms with van der Waals surface area (Å²) in [5, 5.41) is 0.667. The molecule has 102 valence electrons. The van der Waals surface area contributed by atoms with E-state index in [9.17, 15) is 4.79 Å². The van der Waals surface area contributed by atoms with Gasteiger partial charge in [0.2, 0.25) is 0 Å². The molecular formula is C17H15BrO2. The van der Waals surface area contributed by atoms with E-state index in [4.69, 9.17) is 4.74 Å². The third kappa shape index (κ3) is 2.06. The molecule has 1 fully saturated rings. The van der Waals surface area contributed by atoms with Crippen LogP contribution in [-0.4, -0.2) is 17.4 Å². The van der Waals surface area contributed by atoms with Crippen LogP contribution in [0.5, 0.6) is 0 Å². The lowest BCUT2D eigenvalue weighted by Gasteiger charge is -2.26. The summed E-state index contributed by atoms with van der Waals surface area (Å²) in [5.41, 5.74) is 1.32. The smallest absolute Gasteiger partial charge is 0.321 e. The zero-order valence-electron chi connectivity index (χ0n) is 11.0. The minimum absolute atomic E-state index is 0.0806. The molecule has 1 heterocycles. The van der Waals surface area contributed by atoms with Gasteiger partial charge in [0, 0.05) is 11.8 Å². The molecule has 1 atom stereocenters. The number of rotatable bonds is 3. The summed E-state index contributed by atoms with van der Waals surface area (Å²) in [6.45, 7) is 0. The molecule has 0 unspecified atom stereocenters. The fourth-order valence-electron chi connectivity index (χ4n) is 2.89. The zero-order chi connectivity index (χ0) is 14.0. The maximum absolute atomic E-state index is 12.6. The van der Waals surface area contributed by atoms with Crippen LogP contribution in [0.1, 0.15) is 17.5 Å². The Morgan fingerprint density at radius 1 is 1.00 bits per heavy atom. The second-order valence-electron chi connectivity index (χ2n) is 5.02. The van der Waals surface area contributed by atoms with Gasteiger partial charge in [-0.15, -0.1) is 0 Å². The van der Waals surface area contributed by atoms with Crippen LogP contribution >= 0.6 is 15.9 Å². The van der Waals surface area contributed by atoms with Crippen LogP contribution in [0.2, 0.25) is 0 Å². The van der Waals surface area contributed by atoms with Crippen LogP contribution in [-0.2, 0) is 14.9 Å². The first-order valence-corrected chi connectivity index (χ1v) is 7.77. The Labute approximate surface area is 126 Å². The van der Waals surface area contributed by atoms with Crippen LogP contribution in [0.3, 0.4) is 0 Å². The van der Waals surface area contributed by atoms with Crippen molar-refractivity contribution in [3.05, 3.63) is 71.8 Å². The third-order valence-electron chi connectivity index (χ3n) is 3.86. The molecule has 2 nitrogen and oxygen atoms in total. The lowest BCUT2D eigenvalue weighted by atomic mass is 9.72. The first kappa shape index (κ1) is 13.4. The maximum atomic E-state index is 12.6. The van der Waals surface area contributed by atoms with E-state index in [-0.39, 0.29) is 12.1 Å². The molecule has 20 heavy (non-hydrogen) atoms. The summed E-state index contributed by atoms with van der Waals surface area (Å²) in [6.07, 6.45) is 0.591. The quantitative estimate of drug-likeness (QED) is 0.633.